The van der Waals surface area contributed by atoms with Gasteiger partial charge in [0, 0.05) is 12.6 Å². The Morgan fingerprint density at radius 3 is 2.59 bits per heavy atom. The highest BCUT2D eigenvalue weighted by Gasteiger charge is 2.45. The largest absolute Gasteiger partial charge is 0.470 e. The van der Waals surface area contributed by atoms with Gasteiger partial charge in [0.2, 0.25) is 11.8 Å². The lowest BCUT2D eigenvalue weighted by Gasteiger charge is -2.27. The molecule has 1 unspecified atom stereocenters. The Kier molecular flexibility index (Phi) is 5.76. The zero-order chi connectivity index (χ0) is 21.1. The van der Waals surface area contributed by atoms with Gasteiger partial charge in [0.25, 0.3) is 11.8 Å². The molecule has 4 amide bonds. The average Bonchev–Trinajstić information content (AvgIpc) is 3.24. The summed E-state index contributed by atoms with van der Waals surface area (Å²) in [5.74, 6) is -1.97. The van der Waals surface area contributed by atoms with E-state index < -0.39 is 29.7 Å². The summed E-state index contributed by atoms with van der Waals surface area (Å²) in [6, 6.07) is 3.72. The fourth-order valence-corrected chi connectivity index (χ4v) is 3.28. The third-order valence-electron chi connectivity index (χ3n) is 4.54. The Morgan fingerprint density at radius 1 is 1.17 bits per heavy atom. The van der Waals surface area contributed by atoms with Crippen LogP contribution in [-0.4, -0.2) is 44.4 Å². The molecule has 0 aliphatic carbocycles. The maximum Gasteiger partial charge on any atom is 0.266 e. The highest BCUT2D eigenvalue weighted by atomic mass is 16.5. The molecule has 1 N–H and O–H groups in total. The van der Waals surface area contributed by atoms with Crippen molar-refractivity contribution in [2.24, 2.45) is 0 Å². The average molecular weight is 398 g/mol. The summed E-state index contributed by atoms with van der Waals surface area (Å²) in [6.07, 6.45) is 3.65. The van der Waals surface area contributed by atoms with Crippen LogP contribution >= 0.6 is 0 Å². The normalized spacial score (nSPS) is 18.2. The van der Waals surface area contributed by atoms with Crippen LogP contribution in [0.5, 0.6) is 5.75 Å². The van der Waals surface area contributed by atoms with Gasteiger partial charge in [-0.05, 0) is 31.0 Å². The second-order valence-electron chi connectivity index (χ2n) is 6.46. The maximum atomic E-state index is 12.9. The summed E-state index contributed by atoms with van der Waals surface area (Å²) in [6.45, 7) is 5.97. The van der Waals surface area contributed by atoms with Crippen molar-refractivity contribution in [3.05, 3.63) is 47.3 Å². The van der Waals surface area contributed by atoms with Gasteiger partial charge < -0.3 is 4.74 Å². The van der Waals surface area contributed by atoms with Crippen LogP contribution in [0.15, 0.2) is 30.6 Å². The Hall–Kier alpha value is -3.49. The minimum absolute atomic E-state index is 0.0736. The summed E-state index contributed by atoms with van der Waals surface area (Å²) in [5, 5.41) is 6.28. The van der Waals surface area contributed by atoms with Crippen LogP contribution in [0.25, 0.3) is 0 Å². The second kappa shape index (κ2) is 8.26. The van der Waals surface area contributed by atoms with E-state index in [1.807, 2.05) is 20.8 Å². The van der Waals surface area contributed by atoms with Crippen LogP contribution < -0.4 is 10.1 Å². The smallest absolute Gasteiger partial charge is 0.266 e. The number of imide groups is 2. The van der Waals surface area contributed by atoms with Crippen molar-refractivity contribution in [3.63, 3.8) is 0 Å². The molecule has 2 aromatic rings. The van der Waals surface area contributed by atoms with Gasteiger partial charge in [-0.15, -0.1) is 0 Å². The first-order valence-corrected chi connectivity index (χ1v) is 9.42. The molecule has 1 aromatic heterocycles. The predicted molar refractivity (Wildman–Crippen MR) is 102 cm³/mol. The van der Waals surface area contributed by atoms with Crippen molar-refractivity contribution in [2.45, 2.75) is 46.4 Å². The number of hydrogen-bond acceptors (Lipinski definition) is 6. The molecule has 0 bridgehead atoms. The molecule has 0 radical (unpaired) electrons. The van der Waals surface area contributed by atoms with E-state index >= 15 is 0 Å². The quantitative estimate of drug-likeness (QED) is 0.784. The van der Waals surface area contributed by atoms with Crippen molar-refractivity contribution in [1.82, 2.24) is 20.0 Å². The molecule has 0 spiro atoms. The molecule has 29 heavy (non-hydrogen) atoms. The molecule has 1 saturated heterocycles. The highest BCUT2D eigenvalue weighted by molar-refractivity contribution is 6.24. The molecule has 4 rings (SSSR count). The number of aryl methyl sites for hydroxylation is 1. The van der Waals surface area contributed by atoms with Gasteiger partial charge in [0.05, 0.1) is 17.3 Å². The Bertz CT molecular complexity index is 981. The summed E-state index contributed by atoms with van der Waals surface area (Å²) < 4.78 is 7.26. The number of piperidine rings is 1. The van der Waals surface area contributed by atoms with Gasteiger partial charge in [-0.3, -0.25) is 29.4 Å². The van der Waals surface area contributed by atoms with Gasteiger partial charge in [-0.2, -0.15) is 5.10 Å². The molecule has 2 aliphatic rings. The number of carbonyl (C=O) groups is 4. The third-order valence-corrected chi connectivity index (χ3v) is 4.54. The summed E-state index contributed by atoms with van der Waals surface area (Å²) in [4.78, 5) is 50.0. The monoisotopic (exact) mass is 398 g/mol. The first kappa shape index (κ1) is 20.2. The number of aromatic nitrogens is 2. The molecular weight excluding hydrogens is 376 g/mol. The standard InChI is InChI=1S/C18H16N4O5.C2H6/c1-10-7-19-21(8-10)9-27-13-4-2-3-11-15(13)18(26)22(17(11)25)12-5-6-14(23)20-16(12)24;1-2/h2-4,7-8,12H,5-6,9H2,1H3,(H,20,23,24);1-2H3. The third kappa shape index (κ3) is 3.75. The Balaban J connectivity index is 0.00000117. The molecule has 3 heterocycles. The number of ether oxygens (including phenoxy) is 1. The first-order valence-electron chi connectivity index (χ1n) is 9.42. The van der Waals surface area contributed by atoms with Crippen LogP contribution in [0.2, 0.25) is 0 Å². The first-order chi connectivity index (χ1) is 14.0. The lowest BCUT2D eigenvalue weighted by Crippen LogP contribution is -2.54. The van der Waals surface area contributed by atoms with Crippen LogP contribution in [0.4, 0.5) is 0 Å². The van der Waals surface area contributed by atoms with Gasteiger partial charge in [-0.25, -0.2) is 4.68 Å². The molecule has 9 heteroatoms. The van der Waals surface area contributed by atoms with Crippen molar-refractivity contribution < 1.29 is 23.9 Å². The topological polar surface area (TPSA) is 111 Å². The number of carbonyl (C=O) groups excluding carboxylic acids is 4. The van der Waals surface area contributed by atoms with E-state index in [0.717, 1.165) is 10.5 Å². The van der Waals surface area contributed by atoms with Gasteiger partial charge in [0.15, 0.2) is 6.73 Å². The summed E-state index contributed by atoms with van der Waals surface area (Å²) in [5.41, 5.74) is 1.27. The van der Waals surface area contributed by atoms with E-state index in [9.17, 15) is 19.2 Å². The predicted octanol–water partition coefficient (Wildman–Crippen LogP) is 1.66. The fraction of sp³-hybridized carbons (Fsp3) is 0.350. The van der Waals surface area contributed by atoms with E-state index in [2.05, 4.69) is 10.4 Å². The Morgan fingerprint density at radius 2 is 1.93 bits per heavy atom. The summed E-state index contributed by atoms with van der Waals surface area (Å²) >= 11 is 0. The van der Waals surface area contributed by atoms with E-state index in [1.54, 1.807) is 29.2 Å². The number of benzene rings is 1. The maximum absolute atomic E-state index is 12.9. The van der Waals surface area contributed by atoms with E-state index in [4.69, 9.17) is 4.74 Å². The van der Waals surface area contributed by atoms with Gasteiger partial charge in [0.1, 0.15) is 11.8 Å². The number of amides is 4. The molecular formula is C20H22N4O5. The van der Waals surface area contributed by atoms with Gasteiger partial charge >= 0.3 is 0 Å². The van der Waals surface area contributed by atoms with Crippen molar-refractivity contribution in [1.29, 1.82) is 0 Å². The second-order valence-corrected chi connectivity index (χ2v) is 6.46. The van der Waals surface area contributed by atoms with Gasteiger partial charge in [-0.1, -0.05) is 19.9 Å². The zero-order valence-corrected chi connectivity index (χ0v) is 16.5. The van der Waals surface area contributed by atoms with Crippen molar-refractivity contribution in [3.8, 4) is 5.75 Å². The lowest BCUT2D eigenvalue weighted by atomic mass is 10.0. The van der Waals surface area contributed by atoms with E-state index in [-0.39, 0.29) is 36.4 Å². The zero-order valence-electron chi connectivity index (χ0n) is 16.5. The fourth-order valence-electron chi connectivity index (χ4n) is 3.28. The van der Waals surface area contributed by atoms with E-state index in [0.29, 0.717) is 0 Å². The minimum atomic E-state index is -1.00. The number of nitrogens with one attached hydrogen (secondary N) is 1. The van der Waals surface area contributed by atoms with E-state index in [1.165, 1.54) is 6.07 Å². The molecule has 2 aliphatic heterocycles. The van der Waals surface area contributed by atoms with Crippen molar-refractivity contribution >= 4 is 23.6 Å². The van der Waals surface area contributed by atoms with Crippen LogP contribution in [0, 0.1) is 6.92 Å². The molecule has 9 nitrogen and oxygen atoms in total. The molecule has 152 valence electrons. The Labute approximate surface area is 167 Å². The van der Waals surface area contributed by atoms with Crippen LogP contribution in [0.3, 0.4) is 0 Å². The number of hydrogen-bond donors (Lipinski definition) is 1. The summed E-state index contributed by atoms with van der Waals surface area (Å²) in [7, 11) is 0. The number of nitrogens with zero attached hydrogens (tertiary/aromatic N) is 3. The minimum Gasteiger partial charge on any atom is -0.470 e. The van der Waals surface area contributed by atoms with Crippen molar-refractivity contribution in [2.75, 3.05) is 0 Å². The van der Waals surface area contributed by atoms with Crippen LogP contribution in [0.1, 0.15) is 53.0 Å². The number of fused-ring (bicyclic) bond motifs is 1. The molecule has 1 aromatic carbocycles. The number of rotatable bonds is 4. The highest BCUT2D eigenvalue weighted by Crippen LogP contribution is 2.33. The molecule has 1 fully saturated rings. The molecule has 0 saturated carbocycles. The molecule has 1 atom stereocenters. The lowest BCUT2D eigenvalue weighted by molar-refractivity contribution is -0.136. The SMILES string of the molecule is CC.Cc1cnn(COc2cccc3c2C(=O)N(C2CCC(=O)NC2=O)C3=O)c1. The van der Waals surface area contributed by atoms with Crippen LogP contribution in [-0.2, 0) is 16.3 Å².